The van der Waals surface area contributed by atoms with E-state index in [1.807, 2.05) is 36.4 Å². The molecule has 0 spiro atoms. The van der Waals surface area contributed by atoms with Gasteiger partial charge in [0.25, 0.3) is 5.69 Å². The first-order valence-electron chi connectivity index (χ1n) is 6.54. The van der Waals surface area contributed by atoms with E-state index >= 15 is 0 Å². The third-order valence-electron chi connectivity index (χ3n) is 3.07. The van der Waals surface area contributed by atoms with E-state index in [2.05, 4.69) is 0 Å². The van der Waals surface area contributed by atoms with Crippen LogP contribution in [-0.4, -0.2) is 12.0 Å². The van der Waals surface area contributed by atoms with Gasteiger partial charge in [0.2, 0.25) is 0 Å². The molecule has 0 N–H and O–H groups in total. The lowest BCUT2D eigenvalue weighted by atomic mass is 10.1. The smallest absolute Gasteiger partial charge is 0.277 e. The van der Waals surface area contributed by atoms with Crippen LogP contribution in [0.2, 0.25) is 0 Å². The van der Waals surface area contributed by atoms with Crippen LogP contribution in [0.4, 0.5) is 5.69 Å². The van der Waals surface area contributed by atoms with Crippen LogP contribution in [0.15, 0.2) is 42.5 Å². The van der Waals surface area contributed by atoms with E-state index in [0.717, 1.165) is 5.56 Å². The Kier molecular flexibility index (Phi) is 4.94. The van der Waals surface area contributed by atoms with Gasteiger partial charge in [0.15, 0.2) is 11.5 Å². The molecular weight excluding hydrogens is 284 g/mol. The average molecular weight is 298 g/mol. The predicted octanol–water partition coefficient (Wildman–Crippen LogP) is 3.25. The second kappa shape index (κ2) is 7.09. The number of methoxy groups -OCH3 is 1. The zero-order valence-corrected chi connectivity index (χ0v) is 12.0. The standard InChI is InChI=1S/C16H14N2O4/c1-21-15-10-14(18(19)20)13(7-8-17)9-16(15)22-11-12-5-3-2-4-6-12/h2-6,9-10H,7,11H2,1H3. The number of rotatable bonds is 6. The molecule has 0 aliphatic rings. The number of nitrogens with zero attached hydrogens (tertiary/aromatic N) is 2. The third kappa shape index (κ3) is 3.52. The van der Waals surface area contributed by atoms with Gasteiger partial charge in [0.1, 0.15) is 6.61 Å². The van der Waals surface area contributed by atoms with E-state index in [-0.39, 0.29) is 17.9 Å². The molecule has 0 aliphatic carbocycles. The van der Waals surface area contributed by atoms with Crippen molar-refractivity contribution in [3.8, 4) is 17.6 Å². The molecule has 0 fully saturated rings. The van der Waals surface area contributed by atoms with Gasteiger partial charge in [-0.3, -0.25) is 10.1 Å². The largest absolute Gasteiger partial charge is 0.493 e. The molecule has 6 heteroatoms. The third-order valence-corrected chi connectivity index (χ3v) is 3.07. The summed E-state index contributed by atoms with van der Waals surface area (Å²) in [6, 6.07) is 14.2. The molecule has 2 aromatic carbocycles. The second-order valence-corrected chi connectivity index (χ2v) is 4.50. The van der Waals surface area contributed by atoms with Crippen LogP contribution in [-0.2, 0) is 13.0 Å². The normalized spacial score (nSPS) is 9.82. The molecule has 22 heavy (non-hydrogen) atoms. The minimum atomic E-state index is -0.532. The van der Waals surface area contributed by atoms with Crippen LogP contribution >= 0.6 is 0 Å². The number of nitro groups is 1. The highest BCUT2D eigenvalue weighted by molar-refractivity contribution is 5.55. The molecule has 0 atom stereocenters. The van der Waals surface area contributed by atoms with E-state index in [1.165, 1.54) is 19.2 Å². The van der Waals surface area contributed by atoms with Crippen molar-refractivity contribution in [3.63, 3.8) is 0 Å². The molecule has 0 saturated carbocycles. The van der Waals surface area contributed by atoms with Crippen LogP contribution in [0.3, 0.4) is 0 Å². The Morgan fingerprint density at radius 3 is 2.55 bits per heavy atom. The summed E-state index contributed by atoms with van der Waals surface area (Å²) in [5.74, 6) is 0.645. The van der Waals surface area contributed by atoms with Crippen molar-refractivity contribution in [1.29, 1.82) is 5.26 Å². The first kappa shape index (κ1) is 15.3. The summed E-state index contributed by atoms with van der Waals surface area (Å²) in [5, 5.41) is 19.9. The summed E-state index contributed by atoms with van der Waals surface area (Å²) in [5.41, 5.74) is 1.12. The molecule has 0 unspecified atom stereocenters. The molecule has 112 valence electrons. The first-order valence-corrected chi connectivity index (χ1v) is 6.54. The van der Waals surface area contributed by atoms with Crippen molar-refractivity contribution < 1.29 is 14.4 Å². The molecule has 6 nitrogen and oxygen atoms in total. The van der Waals surface area contributed by atoms with Crippen LogP contribution in [0.5, 0.6) is 11.5 Å². The van der Waals surface area contributed by atoms with Gasteiger partial charge in [-0.15, -0.1) is 0 Å². The Balaban J connectivity index is 2.31. The number of nitriles is 1. The number of hydrogen-bond acceptors (Lipinski definition) is 5. The maximum atomic E-state index is 11.1. The van der Waals surface area contributed by atoms with Crippen LogP contribution in [0.1, 0.15) is 11.1 Å². The minimum absolute atomic E-state index is 0.0675. The molecule has 0 saturated heterocycles. The number of hydrogen-bond donors (Lipinski definition) is 0. The summed E-state index contributed by atoms with van der Waals surface area (Å²) in [6.45, 7) is 0.307. The molecule has 0 radical (unpaired) electrons. The van der Waals surface area contributed by atoms with Crippen LogP contribution in [0.25, 0.3) is 0 Å². The fourth-order valence-corrected chi connectivity index (χ4v) is 2.00. The summed E-state index contributed by atoms with van der Waals surface area (Å²) in [7, 11) is 1.42. The average Bonchev–Trinajstić information content (AvgIpc) is 2.54. The Bertz CT molecular complexity index is 708. The van der Waals surface area contributed by atoms with E-state index in [9.17, 15) is 10.1 Å². The van der Waals surface area contributed by atoms with Crippen molar-refractivity contribution >= 4 is 5.69 Å². The second-order valence-electron chi connectivity index (χ2n) is 4.50. The Morgan fingerprint density at radius 1 is 1.23 bits per heavy atom. The number of benzene rings is 2. The maximum Gasteiger partial charge on any atom is 0.277 e. The fourth-order valence-electron chi connectivity index (χ4n) is 2.00. The lowest BCUT2D eigenvalue weighted by Crippen LogP contribution is -2.01. The van der Waals surface area contributed by atoms with Crippen LogP contribution < -0.4 is 9.47 Å². The Labute approximate surface area is 127 Å². The van der Waals surface area contributed by atoms with Gasteiger partial charge < -0.3 is 9.47 Å². The van der Waals surface area contributed by atoms with Crippen LogP contribution in [0, 0.1) is 21.4 Å². The maximum absolute atomic E-state index is 11.1. The van der Waals surface area contributed by atoms with Gasteiger partial charge in [-0.2, -0.15) is 5.26 Å². The zero-order chi connectivity index (χ0) is 15.9. The van der Waals surface area contributed by atoms with E-state index in [0.29, 0.717) is 17.9 Å². The van der Waals surface area contributed by atoms with E-state index in [4.69, 9.17) is 14.7 Å². The predicted molar refractivity (Wildman–Crippen MR) is 79.7 cm³/mol. The van der Waals surface area contributed by atoms with E-state index in [1.54, 1.807) is 0 Å². The van der Waals surface area contributed by atoms with Crippen molar-refractivity contribution in [2.75, 3.05) is 7.11 Å². The molecule has 0 aromatic heterocycles. The Morgan fingerprint density at radius 2 is 1.95 bits per heavy atom. The van der Waals surface area contributed by atoms with Gasteiger partial charge in [-0.1, -0.05) is 30.3 Å². The Hall–Kier alpha value is -3.07. The molecule has 2 aromatic rings. The van der Waals surface area contributed by atoms with Gasteiger partial charge in [0, 0.05) is 5.56 Å². The highest BCUT2D eigenvalue weighted by atomic mass is 16.6. The van der Waals surface area contributed by atoms with E-state index < -0.39 is 4.92 Å². The van der Waals surface area contributed by atoms with Gasteiger partial charge in [-0.05, 0) is 11.6 Å². The summed E-state index contributed by atoms with van der Waals surface area (Å²) < 4.78 is 10.8. The number of ether oxygens (including phenoxy) is 2. The molecule has 0 aliphatic heterocycles. The minimum Gasteiger partial charge on any atom is -0.493 e. The van der Waals surface area contributed by atoms with Gasteiger partial charge >= 0.3 is 0 Å². The highest BCUT2D eigenvalue weighted by Gasteiger charge is 2.19. The quantitative estimate of drug-likeness (QED) is 0.603. The summed E-state index contributed by atoms with van der Waals surface area (Å²) in [4.78, 5) is 10.5. The SMILES string of the molecule is COc1cc([N+](=O)[O-])c(CC#N)cc1OCc1ccccc1. The summed E-state index contributed by atoms with van der Waals surface area (Å²) in [6.07, 6.45) is -0.0675. The highest BCUT2D eigenvalue weighted by Crippen LogP contribution is 2.35. The van der Waals surface area contributed by atoms with Crippen molar-refractivity contribution in [1.82, 2.24) is 0 Å². The fraction of sp³-hybridized carbons (Fsp3) is 0.188. The van der Waals surface area contributed by atoms with Gasteiger partial charge in [-0.25, -0.2) is 0 Å². The lowest BCUT2D eigenvalue weighted by Gasteiger charge is -2.12. The number of nitro benzene ring substituents is 1. The monoisotopic (exact) mass is 298 g/mol. The van der Waals surface area contributed by atoms with Crippen molar-refractivity contribution in [2.24, 2.45) is 0 Å². The lowest BCUT2D eigenvalue weighted by molar-refractivity contribution is -0.385. The molecule has 2 rings (SSSR count). The molecule has 0 heterocycles. The zero-order valence-electron chi connectivity index (χ0n) is 12.0. The molecule has 0 bridgehead atoms. The molecule has 0 amide bonds. The molecular formula is C16H14N2O4. The first-order chi connectivity index (χ1) is 10.7. The van der Waals surface area contributed by atoms with Crippen molar-refractivity contribution in [3.05, 3.63) is 63.7 Å². The summed E-state index contributed by atoms with van der Waals surface area (Å²) >= 11 is 0. The van der Waals surface area contributed by atoms with Crippen molar-refractivity contribution in [2.45, 2.75) is 13.0 Å². The topological polar surface area (TPSA) is 85.4 Å². The van der Waals surface area contributed by atoms with Gasteiger partial charge in [0.05, 0.1) is 30.6 Å².